The Morgan fingerprint density at radius 3 is 3.00 bits per heavy atom. The van der Waals surface area contributed by atoms with Crippen LogP contribution < -0.4 is 15.8 Å². The summed E-state index contributed by atoms with van der Waals surface area (Å²) in [4.78, 5) is 26.0. The molecule has 1 aliphatic rings. The minimum absolute atomic E-state index is 0.0193. The number of pyridine rings is 1. The number of aryl methyl sites for hydroxylation is 1. The van der Waals surface area contributed by atoms with Gasteiger partial charge in [0.1, 0.15) is 11.4 Å². The number of H-pyrrole nitrogens is 2. The van der Waals surface area contributed by atoms with Crippen LogP contribution in [-0.2, 0) is 9.47 Å². The van der Waals surface area contributed by atoms with Crippen molar-refractivity contribution in [1.29, 1.82) is 0 Å². The summed E-state index contributed by atoms with van der Waals surface area (Å²) in [5, 5.41) is 14.4. The lowest BCUT2D eigenvalue weighted by atomic mass is 10.1. The molecule has 4 N–H and O–H groups in total. The first-order valence-corrected chi connectivity index (χ1v) is 12.6. The zero-order chi connectivity index (χ0) is 25.9. The Kier molecular flexibility index (Phi) is 7.48. The molecule has 0 unspecified atom stereocenters. The molecular weight excluding hydrogens is 494 g/mol. The van der Waals surface area contributed by atoms with Crippen molar-refractivity contribution in [2.24, 2.45) is 0 Å². The number of methoxy groups -OCH3 is 1. The maximum absolute atomic E-state index is 12.9. The fraction of sp³-hybridized carbons (Fsp3) is 0.333. The topological polar surface area (TPSA) is 115 Å². The summed E-state index contributed by atoms with van der Waals surface area (Å²) in [6, 6.07) is 13.0. The van der Waals surface area contributed by atoms with E-state index in [1.165, 1.54) is 0 Å². The van der Waals surface area contributed by atoms with Gasteiger partial charge in [0, 0.05) is 43.7 Å². The van der Waals surface area contributed by atoms with Gasteiger partial charge >= 0.3 is 0 Å². The minimum Gasteiger partial charge on any atom is -0.387 e. The van der Waals surface area contributed by atoms with Crippen molar-refractivity contribution in [3.63, 3.8) is 0 Å². The lowest BCUT2D eigenvalue weighted by Crippen LogP contribution is -2.44. The molecule has 0 bridgehead atoms. The van der Waals surface area contributed by atoms with E-state index in [1.54, 1.807) is 37.6 Å². The number of anilines is 2. The lowest BCUT2D eigenvalue weighted by Gasteiger charge is -2.34. The highest BCUT2D eigenvalue weighted by Crippen LogP contribution is 2.30. The Labute approximate surface area is 219 Å². The van der Waals surface area contributed by atoms with Gasteiger partial charge in [0.25, 0.3) is 5.56 Å². The quantitative estimate of drug-likeness (QED) is 0.277. The zero-order valence-corrected chi connectivity index (χ0v) is 21.5. The highest BCUT2D eigenvalue weighted by atomic mass is 35.5. The number of aliphatic hydroxyl groups excluding tert-OH is 1. The van der Waals surface area contributed by atoms with Gasteiger partial charge in [-0.05, 0) is 48.4 Å². The summed E-state index contributed by atoms with van der Waals surface area (Å²) in [5.41, 5.74) is 5.06. The van der Waals surface area contributed by atoms with Gasteiger partial charge in [-0.15, -0.1) is 0 Å². The van der Waals surface area contributed by atoms with Crippen LogP contribution in [0.1, 0.15) is 17.2 Å². The SMILES string of the molecule is COC[C@@H]1CN(c2cc(C)c3nc(-c4c(NC[C@@H](O)c5cccc(Cl)c5)cc[nH]c4=O)[nH]c3c2)CCO1. The van der Waals surface area contributed by atoms with Crippen LogP contribution in [0.25, 0.3) is 22.4 Å². The van der Waals surface area contributed by atoms with Gasteiger partial charge in [-0.25, -0.2) is 4.98 Å². The number of fused-ring (bicyclic) bond motifs is 1. The number of nitrogens with zero attached hydrogens (tertiary/aromatic N) is 2. The van der Waals surface area contributed by atoms with Crippen LogP contribution in [0.3, 0.4) is 0 Å². The number of ether oxygens (including phenoxy) is 2. The summed E-state index contributed by atoms with van der Waals surface area (Å²) in [7, 11) is 1.68. The van der Waals surface area contributed by atoms with Crippen molar-refractivity contribution in [3.8, 4) is 11.4 Å². The Hall–Kier alpha value is -3.37. The molecular formula is C27H30ClN5O4. The molecule has 2 aromatic carbocycles. The predicted octanol–water partition coefficient (Wildman–Crippen LogP) is 3.88. The van der Waals surface area contributed by atoms with Gasteiger partial charge < -0.3 is 34.8 Å². The first kappa shape index (κ1) is 25.3. The van der Waals surface area contributed by atoms with E-state index >= 15 is 0 Å². The van der Waals surface area contributed by atoms with Crippen LogP contribution in [0, 0.1) is 6.92 Å². The van der Waals surface area contributed by atoms with Crippen LogP contribution in [0.5, 0.6) is 0 Å². The molecule has 0 aliphatic carbocycles. The van der Waals surface area contributed by atoms with E-state index < -0.39 is 6.10 Å². The molecule has 37 heavy (non-hydrogen) atoms. The van der Waals surface area contributed by atoms with Crippen molar-refractivity contribution in [2.75, 3.05) is 50.2 Å². The minimum atomic E-state index is -0.804. The molecule has 0 radical (unpaired) electrons. The summed E-state index contributed by atoms with van der Waals surface area (Å²) >= 11 is 6.06. The van der Waals surface area contributed by atoms with E-state index in [4.69, 9.17) is 26.1 Å². The number of rotatable bonds is 8. The number of imidazole rings is 1. The second kappa shape index (κ2) is 10.9. The third-order valence-electron chi connectivity index (χ3n) is 6.54. The Morgan fingerprint density at radius 2 is 2.19 bits per heavy atom. The first-order chi connectivity index (χ1) is 17.9. The van der Waals surface area contributed by atoms with Crippen LogP contribution in [0.15, 0.2) is 53.5 Å². The summed E-state index contributed by atoms with van der Waals surface area (Å²) in [6.07, 6.45) is 0.786. The fourth-order valence-electron chi connectivity index (χ4n) is 4.71. The molecule has 1 saturated heterocycles. The average molecular weight is 524 g/mol. The molecule has 2 aromatic heterocycles. The number of halogens is 1. The maximum Gasteiger partial charge on any atom is 0.261 e. The molecule has 0 saturated carbocycles. The van der Waals surface area contributed by atoms with E-state index in [1.807, 2.05) is 13.0 Å². The molecule has 0 spiro atoms. The molecule has 4 aromatic rings. The molecule has 1 aliphatic heterocycles. The summed E-state index contributed by atoms with van der Waals surface area (Å²) < 4.78 is 11.1. The molecule has 9 nitrogen and oxygen atoms in total. The third-order valence-corrected chi connectivity index (χ3v) is 6.77. The normalized spacial score (nSPS) is 16.8. The van der Waals surface area contributed by atoms with E-state index in [9.17, 15) is 9.90 Å². The Balaban J connectivity index is 1.43. The van der Waals surface area contributed by atoms with Gasteiger partial charge in [0.05, 0.1) is 42.1 Å². The second-order valence-corrected chi connectivity index (χ2v) is 9.62. The van der Waals surface area contributed by atoms with E-state index in [2.05, 4.69) is 32.3 Å². The number of nitrogens with one attached hydrogen (secondary N) is 3. The van der Waals surface area contributed by atoms with Crippen LogP contribution >= 0.6 is 11.6 Å². The van der Waals surface area contributed by atoms with Crippen molar-refractivity contribution in [2.45, 2.75) is 19.1 Å². The van der Waals surface area contributed by atoms with Gasteiger partial charge in [0.2, 0.25) is 0 Å². The number of aromatic amines is 2. The highest BCUT2D eigenvalue weighted by molar-refractivity contribution is 6.30. The van der Waals surface area contributed by atoms with Gasteiger partial charge in [-0.2, -0.15) is 0 Å². The number of hydrogen-bond donors (Lipinski definition) is 4. The summed E-state index contributed by atoms with van der Waals surface area (Å²) in [5.74, 6) is 0.455. The summed E-state index contributed by atoms with van der Waals surface area (Å²) in [6.45, 7) is 4.91. The molecule has 0 amide bonds. The van der Waals surface area contributed by atoms with Crippen molar-refractivity contribution in [1.82, 2.24) is 15.0 Å². The van der Waals surface area contributed by atoms with Gasteiger partial charge in [-0.3, -0.25) is 4.79 Å². The van der Waals surface area contributed by atoms with Crippen LogP contribution in [0.4, 0.5) is 11.4 Å². The monoisotopic (exact) mass is 523 g/mol. The molecule has 10 heteroatoms. The largest absolute Gasteiger partial charge is 0.387 e. The zero-order valence-electron chi connectivity index (χ0n) is 20.8. The number of hydrogen-bond acceptors (Lipinski definition) is 7. The van der Waals surface area contributed by atoms with E-state index in [0.717, 1.165) is 35.4 Å². The van der Waals surface area contributed by atoms with Crippen molar-refractivity contribution >= 4 is 34.0 Å². The van der Waals surface area contributed by atoms with Crippen molar-refractivity contribution in [3.05, 3.63) is 75.2 Å². The van der Waals surface area contributed by atoms with E-state index in [-0.39, 0.29) is 18.2 Å². The van der Waals surface area contributed by atoms with Crippen LogP contribution in [0.2, 0.25) is 5.02 Å². The molecule has 194 valence electrons. The highest BCUT2D eigenvalue weighted by Gasteiger charge is 2.22. The molecule has 5 rings (SSSR count). The second-order valence-electron chi connectivity index (χ2n) is 9.19. The van der Waals surface area contributed by atoms with E-state index in [0.29, 0.717) is 40.9 Å². The Bertz CT molecular complexity index is 1450. The number of morpholine rings is 1. The molecule has 2 atom stereocenters. The standard InChI is InChI=1S/C27H30ClN5O4/c1-16-10-19(33-8-9-37-20(14-33)15-36-2)12-22-25(16)32-26(31-22)24-21(6-7-29-27(24)35)30-13-23(34)17-4-3-5-18(28)11-17/h3-7,10-12,20,23,34H,8-9,13-15H2,1-2H3,(H,31,32)(H2,29,30,35)/t20-,23+/m0/s1. The predicted molar refractivity (Wildman–Crippen MR) is 146 cm³/mol. The van der Waals surface area contributed by atoms with Gasteiger partial charge in [0.15, 0.2) is 0 Å². The number of aliphatic hydroxyl groups is 1. The smallest absolute Gasteiger partial charge is 0.261 e. The average Bonchev–Trinajstić information content (AvgIpc) is 3.32. The van der Waals surface area contributed by atoms with Crippen molar-refractivity contribution < 1.29 is 14.6 Å². The third kappa shape index (κ3) is 5.50. The molecule has 3 heterocycles. The lowest BCUT2D eigenvalue weighted by molar-refractivity contribution is -0.0100. The molecule has 1 fully saturated rings. The van der Waals surface area contributed by atoms with Gasteiger partial charge in [-0.1, -0.05) is 23.7 Å². The first-order valence-electron chi connectivity index (χ1n) is 12.2. The maximum atomic E-state index is 12.9. The number of aromatic nitrogens is 3. The number of benzene rings is 2. The fourth-order valence-corrected chi connectivity index (χ4v) is 4.91. The Morgan fingerprint density at radius 1 is 1.32 bits per heavy atom. The van der Waals surface area contributed by atoms with Crippen LogP contribution in [-0.4, -0.2) is 66.1 Å².